The van der Waals surface area contributed by atoms with Crippen molar-refractivity contribution in [1.29, 1.82) is 0 Å². The van der Waals surface area contributed by atoms with Crippen molar-refractivity contribution in [1.82, 2.24) is 0 Å². The molecule has 1 atom stereocenters. The second-order valence-corrected chi connectivity index (χ2v) is 5.68. The Morgan fingerprint density at radius 2 is 1.71 bits per heavy atom. The van der Waals surface area contributed by atoms with E-state index in [1.807, 2.05) is 36.4 Å². The van der Waals surface area contributed by atoms with Gasteiger partial charge in [0.05, 0.1) is 20.3 Å². The predicted molar refractivity (Wildman–Crippen MR) is 90.1 cm³/mol. The van der Waals surface area contributed by atoms with Gasteiger partial charge in [0.2, 0.25) is 0 Å². The van der Waals surface area contributed by atoms with Crippen molar-refractivity contribution in [2.45, 2.75) is 13.0 Å². The van der Waals surface area contributed by atoms with Crippen LogP contribution in [-0.2, 0) is 17.8 Å². The number of rotatable bonds is 8. The average molecular weight is 349 g/mol. The molecule has 0 radical (unpaired) electrons. The SMILES string of the molecule is COc1ccccc1CC(CBr)COCc1ccccc1. The summed E-state index contributed by atoms with van der Waals surface area (Å²) in [6, 6.07) is 18.4. The Morgan fingerprint density at radius 1 is 1.00 bits per heavy atom. The third-order valence-electron chi connectivity index (χ3n) is 3.38. The van der Waals surface area contributed by atoms with E-state index in [-0.39, 0.29) is 0 Å². The van der Waals surface area contributed by atoms with E-state index in [0.717, 1.165) is 24.1 Å². The summed E-state index contributed by atoms with van der Waals surface area (Å²) in [5, 5.41) is 0.917. The van der Waals surface area contributed by atoms with Crippen molar-refractivity contribution in [3.8, 4) is 5.75 Å². The van der Waals surface area contributed by atoms with E-state index in [0.29, 0.717) is 12.5 Å². The Morgan fingerprint density at radius 3 is 2.43 bits per heavy atom. The lowest BCUT2D eigenvalue weighted by molar-refractivity contribution is 0.0936. The Labute approximate surface area is 135 Å². The number of halogens is 1. The van der Waals surface area contributed by atoms with Crippen molar-refractivity contribution in [2.24, 2.45) is 5.92 Å². The van der Waals surface area contributed by atoms with Crippen molar-refractivity contribution in [3.05, 3.63) is 65.7 Å². The van der Waals surface area contributed by atoms with Gasteiger partial charge in [0, 0.05) is 5.33 Å². The lowest BCUT2D eigenvalue weighted by atomic mass is 10.0. The first-order chi connectivity index (χ1) is 10.3. The molecule has 0 aromatic heterocycles. The molecule has 0 bridgehead atoms. The van der Waals surface area contributed by atoms with Gasteiger partial charge < -0.3 is 9.47 Å². The van der Waals surface area contributed by atoms with Crippen molar-refractivity contribution >= 4 is 15.9 Å². The van der Waals surface area contributed by atoms with Crippen LogP contribution >= 0.6 is 15.9 Å². The van der Waals surface area contributed by atoms with Crippen LogP contribution < -0.4 is 4.74 Å². The Bertz CT molecular complexity index is 528. The van der Waals surface area contributed by atoms with Gasteiger partial charge in [-0.2, -0.15) is 0 Å². The molecule has 0 saturated heterocycles. The lowest BCUT2D eigenvalue weighted by Gasteiger charge is -2.16. The van der Waals surface area contributed by atoms with Gasteiger partial charge in [-0.1, -0.05) is 64.5 Å². The topological polar surface area (TPSA) is 18.5 Å². The molecule has 112 valence electrons. The highest BCUT2D eigenvalue weighted by atomic mass is 79.9. The van der Waals surface area contributed by atoms with Gasteiger partial charge in [-0.05, 0) is 29.5 Å². The molecule has 2 aromatic carbocycles. The smallest absolute Gasteiger partial charge is 0.122 e. The van der Waals surface area contributed by atoms with E-state index in [9.17, 15) is 0 Å². The fourth-order valence-corrected chi connectivity index (χ4v) is 2.67. The van der Waals surface area contributed by atoms with Crippen LogP contribution in [0.25, 0.3) is 0 Å². The number of ether oxygens (including phenoxy) is 2. The molecule has 3 heteroatoms. The summed E-state index contributed by atoms with van der Waals surface area (Å²) in [4.78, 5) is 0. The summed E-state index contributed by atoms with van der Waals surface area (Å²) < 4.78 is 11.3. The largest absolute Gasteiger partial charge is 0.496 e. The van der Waals surface area contributed by atoms with Crippen LogP contribution in [0.5, 0.6) is 5.75 Å². The number of para-hydroxylation sites is 1. The zero-order valence-corrected chi connectivity index (χ0v) is 13.9. The van der Waals surface area contributed by atoms with Gasteiger partial charge in [-0.15, -0.1) is 0 Å². The third kappa shape index (κ3) is 5.18. The van der Waals surface area contributed by atoms with E-state index in [1.165, 1.54) is 11.1 Å². The molecule has 0 amide bonds. The van der Waals surface area contributed by atoms with E-state index < -0.39 is 0 Å². The van der Waals surface area contributed by atoms with E-state index in [1.54, 1.807) is 7.11 Å². The van der Waals surface area contributed by atoms with Gasteiger partial charge in [-0.25, -0.2) is 0 Å². The molecule has 0 spiro atoms. The monoisotopic (exact) mass is 348 g/mol. The molecule has 2 aromatic rings. The highest BCUT2D eigenvalue weighted by Gasteiger charge is 2.12. The molecule has 0 fully saturated rings. The first-order valence-corrected chi connectivity index (χ1v) is 8.25. The fourth-order valence-electron chi connectivity index (χ4n) is 2.26. The molecule has 2 rings (SSSR count). The molecular formula is C18H21BrO2. The first-order valence-electron chi connectivity index (χ1n) is 7.13. The minimum Gasteiger partial charge on any atom is -0.496 e. The fraction of sp³-hybridized carbons (Fsp3) is 0.333. The quantitative estimate of drug-likeness (QED) is 0.655. The van der Waals surface area contributed by atoms with Crippen LogP contribution in [0.2, 0.25) is 0 Å². The zero-order valence-electron chi connectivity index (χ0n) is 12.3. The van der Waals surface area contributed by atoms with Crippen molar-refractivity contribution in [3.63, 3.8) is 0 Å². The highest BCUT2D eigenvalue weighted by molar-refractivity contribution is 9.09. The van der Waals surface area contributed by atoms with Gasteiger partial charge in [0.15, 0.2) is 0 Å². The maximum absolute atomic E-state index is 5.85. The molecule has 0 aliphatic rings. The molecule has 0 saturated carbocycles. The number of hydrogen-bond acceptors (Lipinski definition) is 2. The maximum atomic E-state index is 5.85. The lowest BCUT2D eigenvalue weighted by Crippen LogP contribution is -2.14. The normalized spacial score (nSPS) is 12.1. The first kappa shape index (κ1) is 16.1. The number of benzene rings is 2. The summed E-state index contributed by atoms with van der Waals surface area (Å²) in [5.74, 6) is 1.39. The van der Waals surface area contributed by atoms with Gasteiger partial charge in [0.1, 0.15) is 5.75 Å². The van der Waals surface area contributed by atoms with Crippen LogP contribution in [0.15, 0.2) is 54.6 Å². The molecule has 0 heterocycles. The second-order valence-electron chi connectivity index (χ2n) is 5.04. The van der Waals surface area contributed by atoms with Crippen LogP contribution in [0.1, 0.15) is 11.1 Å². The van der Waals surface area contributed by atoms with Gasteiger partial charge in [0.25, 0.3) is 0 Å². The molecule has 0 aliphatic carbocycles. The molecule has 2 nitrogen and oxygen atoms in total. The predicted octanol–water partition coefficient (Wildman–Crippen LogP) is 4.47. The number of hydrogen-bond donors (Lipinski definition) is 0. The van der Waals surface area contributed by atoms with Crippen molar-refractivity contribution < 1.29 is 9.47 Å². The van der Waals surface area contributed by atoms with Crippen LogP contribution in [0, 0.1) is 5.92 Å². The van der Waals surface area contributed by atoms with E-state index in [4.69, 9.17) is 9.47 Å². The van der Waals surface area contributed by atoms with Crippen LogP contribution in [0.3, 0.4) is 0 Å². The Hall–Kier alpha value is -1.32. The molecule has 1 unspecified atom stereocenters. The molecular weight excluding hydrogens is 328 g/mol. The summed E-state index contributed by atoms with van der Waals surface area (Å²) in [6.45, 7) is 1.40. The van der Waals surface area contributed by atoms with Crippen LogP contribution in [0.4, 0.5) is 0 Å². The third-order valence-corrected chi connectivity index (χ3v) is 4.30. The Kier molecular flexibility index (Phi) is 6.77. The van der Waals surface area contributed by atoms with Crippen molar-refractivity contribution in [2.75, 3.05) is 19.0 Å². The highest BCUT2D eigenvalue weighted by Crippen LogP contribution is 2.22. The summed E-state index contributed by atoms with van der Waals surface area (Å²) >= 11 is 3.59. The average Bonchev–Trinajstić information content (AvgIpc) is 2.55. The molecule has 0 aliphatic heterocycles. The number of alkyl halides is 1. The zero-order chi connectivity index (χ0) is 14.9. The summed E-state index contributed by atoms with van der Waals surface area (Å²) in [7, 11) is 1.72. The molecule has 0 N–H and O–H groups in total. The molecule has 21 heavy (non-hydrogen) atoms. The second kappa shape index (κ2) is 8.85. The Balaban J connectivity index is 1.85. The standard InChI is InChI=1S/C18H21BrO2/c1-20-18-10-6-5-9-17(18)11-16(12-19)14-21-13-15-7-3-2-4-8-15/h2-10,16H,11-14H2,1H3. The minimum atomic E-state index is 0.435. The van der Waals surface area contributed by atoms with E-state index in [2.05, 4.69) is 34.1 Å². The van der Waals surface area contributed by atoms with Gasteiger partial charge >= 0.3 is 0 Å². The number of methoxy groups -OCH3 is 1. The van der Waals surface area contributed by atoms with E-state index >= 15 is 0 Å². The van der Waals surface area contributed by atoms with Crippen LogP contribution in [-0.4, -0.2) is 19.0 Å². The summed E-state index contributed by atoms with van der Waals surface area (Å²) in [6.07, 6.45) is 0.948. The summed E-state index contributed by atoms with van der Waals surface area (Å²) in [5.41, 5.74) is 2.44. The minimum absolute atomic E-state index is 0.435. The maximum Gasteiger partial charge on any atom is 0.122 e. The van der Waals surface area contributed by atoms with Gasteiger partial charge in [-0.3, -0.25) is 0 Å².